The Balaban J connectivity index is 5.21. The molecule has 0 aromatic heterocycles. The van der Waals surface area contributed by atoms with Crippen LogP contribution in [0.4, 0.5) is 0 Å². The first-order valence-corrected chi connectivity index (χ1v) is 45.7. The molecule has 0 aromatic rings. The van der Waals surface area contributed by atoms with Gasteiger partial charge >= 0.3 is 39.5 Å². The summed E-state index contributed by atoms with van der Waals surface area (Å²) in [6.07, 6.45) is 66.4. The molecular formula is C82H160O17P2. The van der Waals surface area contributed by atoms with Crippen LogP contribution in [0.2, 0.25) is 0 Å². The van der Waals surface area contributed by atoms with Gasteiger partial charge in [0, 0.05) is 25.7 Å². The van der Waals surface area contributed by atoms with Gasteiger partial charge in [-0.3, -0.25) is 37.3 Å². The topological polar surface area (TPSA) is 237 Å². The quantitative estimate of drug-likeness (QED) is 0.0222. The number of unbranched alkanes of at least 4 members (excludes halogenated alkanes) is 53. The molecule has 600 valence electrons. The Kier molecular flexibility index (Phi) is 73.5. The molecule has 3 unspecified atom stereocenters. The first-order chi connectivity index (χ1) is 49.1. The summed E-state index contributed by atoms with van der Waals surface area (Å²) < 4.78 is 68.7. The lowest BCUT2D eigenvalue weighted by molar-refractivity contribution is -0.161. The van der Waals surface area contributed by atoms with Crippen LogP contribution in [0.1, 0.15) is 439 Å². The maximum Gasteiger partial charge on any atom is 0.472 e. The Labute approximate surface area is 619 Å². The monoisotopic (exact) mass is 1480 g/mol. The van der Waals surface area contributed by atoms with Crippen LogP contribution >= 0.6 is 15.6 Å². The van der Waals surface area contributed by atoms with Gasteiger partial charge in [0.05, 0.1) is 26.4 Å². The average molecular weight is 1480 g/mol. The van der Waals surface area contributed by atoms with Crippen LogP contribution in [-0.2, 0) is 65.4 Å². The van der Waals surface area contributed by atoms with Crippen molar-refractivity contribution in [3.05, 3.63) is 0 Å². The zero-order valence-electron chi connectivity index (χ0n) is 66.1. The van der Waals surface area contributed by atoms with Crippen LogP contribution in [-0.4, -0.2) is 96.7 Å². The van der Waals surface area contributed by atoms with E-state index in [4.69, 9.17) is 37.0 Å². The summed E-state index contributed by atoms with van der Waals surface area (Å²) in [6, 6.07) is 0. The van der Waals surface area contributed by atoms with Crippen molar-refractivity contribution in [3.8, 4) is 0 Å². The van der Waals surface area contributed by atoms with Crippen molar-refractivity contribution < 1.29 is 80.2 Å². The molecule has 0 radical (unpaired) electrons. The fourth-order valence-corrected chi connectivity index (χ4v) is 14.3. The molecule has 6 atom stereocenters. The fourth-order valence-electron chi connectivity index (χ4n) is 12.7. The molecule has 0 aliphatic heterocycles. The van der Waals surface area contributed by atoms with Crippen molar-refractivity contribution in [2.24, 2.45) is 5.92 Å². The summed E-state index contributed by atoms with van der Waals surface area (Å²) >= 11 is 0. The molecule has 0 aliphatic carbocycles. The van der Waals surface area contributed by atoms with Crippen LogP contribution in [0.5, 0.6) is 0 Å². The van der Waals surface area contributed by atoms with E-state index in [9.17, 15) is 43.2 Å². The van der Waals surface area contributed by atoms with E-state index in [1.807, 2.05) is 0 Å². The van der Waals surface area contributed by atoms with Gasteiger partial charge in [-0.05, 0) is 31.6 Å². The predicted octanol–water partition coefficient (Wildman–Crippen LogP) is 24.8. The summed E-state index contributed by atoms with van der Waals surface area (Å²) in [7, 11) is -9.92. The van der Waals surface area contributed by atoms with Gasteiger partial charge in [0.2, 0.25) is 0 Å². The smallest absolute Gasteiger partial charge is 0.462 e. The van der Waals surface area contributed by atoms with Crippen molar-refractivity contribution in [2.75, 3.05) is 39.6 Å². The number of phosphoric ester groups is 2. The normalized spacial score (nSPS) is 14.1. The summed E-state index contributed by atoms with van der Waals surface area (Å²) in [5.41, 5.74) is 0. The molecule has 0 heterocycles. The Morgan fingerprint density at radius 2 is 0.475 bits per heavy atom. The Hall–Kier alpha value is -1.94. The number of phosphoric acid groups is 2. The van der Waals surface area contributed by atoms with Gasteiger partial charge in [-0.25, -0.2) is 9.13 Å². The number of aliphatic hydroxyl groups is 1. The number of rotatable bonds is 82. The predicted molar refractivity (Wildman–Crippen MR) is 414 cm³/mol. The van der Waals surface area contributed by atoms with Gasteiger partial charge in [-0.1, -0.05) is 388 Å². The third kappa shape index (κ3) is 74.7. The first-order valence-electron chi connectivity index (χ1n) is 42.7. The molecule has 101 heavy (non-hydrogen) atoms. The number of ether oxygens (including phenoxy) is 4. The fraction of sp³-hybridized carbons (Fsp3) is 0.951. The van der Waals surface area contributed by atoms with Crippen LogP contribution < -0.4 is 0 Å². The molecule has 19 heteroatoms. The number of aliphatic hydroxyl groups excluding tert-OH is 1. The highest BCUT2D eigenvalue weighted by Crippen LogP contribution is 2.45. The van der Waals surface area contributed by atoms with Crippen LogP contribution in [0.25, 0.3) is 0 Å². The number of esters is 4. The van der Waals surface area contributed by atoms with Crippen molar-refractivity contribution in [3.63, 3.8) is 0 Å². The minimum atomic E-state index is -4.96. The van der Waals surface area contributed by atoms with E-state index in [2.05, 4.69) is 34.6 Å². The number of carbonyl (C=O) groups excluding carboxylic acids is 4. The second-order valence-corrected chi connectivity index (χ2v) is 32.7. The number of carbonyl (C=O) groups is 4. The van der Waals surface area contributed by atoms with E-state index in [0.717, 1.165) is 95.8 Å². The molecule has 17 nitrogen and oxygen atoms in total. The molecule has 3 N–H and O–H groups in total. The van der Waals surface area contributed by atoms with Crippen LogP contribution in [0, 0.1) is 5.92 Å². The van der Waals surface area contributed by atoms with Crippen molar-refractivity contribution in [1.29, 1.82) is 0 Å². The summed E-state index contributed by atoms with van der Waals surface area (Å²) in [6.45, 7) is 7.41. The minimum Gasteiger partial charge on any atom is -0.462 e. The molecule has 0 saturated carbocycles. The largest absolute Gasteiger partial charge is 0.472 e. The molecule has 0 aromatic carbocycles. The van der Waals surface area contributed by atoms with Gasteiger partial charge in [-0.15, -0.1) is 0 Å². The lowest BCUT2D eigenvalue weighted by Gasteiger charge is -2.21. The lowest BCUT2D eigenvalue weighted by atomic mass is 9.99. The molecule has 0 fully saturated rings. The third-order valence-corrected chi connectivity index (χ3v) is 21.5. The molecule has 0 spiro atoms. The Morgan fingerprint density at radius 3 is 0.703 bits per heavy atom. The standard InChI is InChI=1S/C82H160O17P2/c1-6-10-13-16-19-22-25-27-36-41-46-51-56-61-66-80(85)93-72-78(99-82(87)68-63-58-53-48-43-38-34-32-30-29-31-33-35-40-44-49-54-59-64-75(5)9-4)74-97-101(90,91)95-70-76(83)69-94-100(88,89)96-73-77(71-92-79(84)65-60-55-50-45-39-24-21-18-15-12-8-3)98-81(86)67-62-57-52-47-42-37-28-26-23-20-17-14-11-7-2/h75-78,83H,6-74H2,1-5H3,(H,88,89)(H,90,91)/t75?,76-,77+,78+/m0/s1. The highest BCUT2D eigenvalue weighted by Gasteiger charge is 2.30. The van der Waals surface area contributed by atoms with E-state index >= 15 is 0 Å². The van der Waals surface area contributed by atoms with Crippen molar-refractivity contribution >= 4 is 39.5 Å². The zero-order chi connectivity index (χ0) is 74.1. The second kappa shape index (κ2) is 74.9. The maximum absolute atomic E-state index is 13.1. The zero-order valence-corrected chi connectivity index (χ0v) is 67.8. The molecular weight excluding hydrogens is 1320 g/mol. The minimum absolute atomic E-state index is 0.109. The summed E-state index contributed by atoms with van der Waals surface area (Å²) in [5, 5.41) is 10.6. The van der Waals surface area contributed by atoms with Crippen LogP contribution in [0.15, 0.2) is 0 Å². The summed E-state index contributed by atoms with van der Waals surface area (Å²) in [4.78, 5) is 73.0. The maximum atomic E-state index is 13.1. The third-order valence-electron chi connectivity index (χ3n) is 19.6. The molecule has 0 rings (SSSR count). The first kappa shape index (κ1) is 99.1. The molecule has 0 saturated heterocycles. The van der Waals surface area contributed by atoms with E-state index in [-0.39, 0.29) is 25.7 Å². The van der Waals surface area contributed by atoms with Gasteiger partial charge in [0.25, 0.3) is 0 Å². The summed E-state index contributed by atoms with van der Waals surface area (Å²) in [5.74, 6) is -1.23. The van der Waals surface area contributed by atoms with E-state index < -0.39 is 97.5 Å². The van der Waals surface area contributed by atoms with Gasteiger partial charge < -0.3 is 33.8 Å². The van der Waals surface area contributed by atoms with Crippen LogP contribution in [0.3, 0.4) is 0 Å². The number of hydrogen-bond acceptors (Lipinski definition) is 15. The SMILES string of the molecule is CCCCCCCCCCCCCCCCC(=O)OC[C@H](COP(=O)(O)OC[C@@H](O)COP(=O)(O)OC[C@@H](COC(=O)CCCCCCCCCCCCC)OC(=O)CCCCCCCCCCCCCCCC)OC(=O)CCCCCCCCCCCCCCCCCCCCC(C)CC. The second-order valence-electron chi connectivity index (χ2n) is 29.8. The highest BCUT2D eigenvalue weighted by atomic mass is 31.2. The lowest BCUT2D eigenvalue weighted by Crippen LogP contribution is -2.30. The average Bonchev–Trinajstić information content (AvgIpc) is 0.954. The van der Waals surface area contributed by atoms with E-state index in [1.54, 1.807) is 0 Å². The van der Waals surface area contributed by atoms with Crippen molar-refractivity contribution in [2.45, 2.75) is 457 Å². The van der Waals surface area contributed by atoms with E-state index in [0.29, 0.717) is 25.7 Å². The Bertz CT molecular complexity index is 1930. The number of hydrogen-bond donors (Lipinski definition) is 3. The highest BCUT2D eigenvalue weighted by molar-refractivity contribution is 7.47. The molecule has 0 aliphatic rings. The Morgan fingerprint density at radius 1 is 0.277 bits per heavy atom. The van der Waals surface area contributed by atoms with Gasteiger partial charge in [0.1, 0.15) is 19.3 Å². The molecule has 0 amide bonds. The molecule has 0 bridgehead atoms. The van der Waals surface area contributed by atoms with Crippen molar-refractivity contribution in [1.82, 2.24) is 0 Å². The van der Waals surface area contributed by atoms with Gasteiger partial charge in [0.15, 0.2) is 12.2 Å². The van der Waals surface area contributed by atoms with Gasteiger partial charge in [-0.2, -0.15) is 0 Å². The van der Waals surface area contributed by atoms with E-state index in [1.165, 1.54) is 263 Å².